The second kappa shape index (κ2) is 4.92. The molecule has 2 aromatic carbocycles. The van der Waals surface area contributed by atoms with E-state index in [0.717, 1.165) is 16.7 Å². The van der Waals surface area contributed by atoms with E-state index in [1.165, 1.54) is 12.1 Å². The lowest BCUT2D eigenvalue weighted by molar-refractivity contribution is 0.609. The Morgan fingerprint density at radius 3 is 2.06 bits per heavy atom. The Balaban J connectivity index is 2.57. The molecule has 0 N–H and O–H groups in total. The highest BCUT2D eigenvalue weighted by molar-refractivity contribution is 8.13. The van der Waals surface area contributed by atoms with Crippen molar-refractivity contribution in [3.63, 3.8) is 0 Å². The minimum absolute atomic E-state index is 0.0658. The summed E-state index contributed by atoms with van der Waals surface area (Å²) in [5.41, 5.74) is 2.82. The van der Waals surface area contributed by atoms with Gasteiger partial charge in [-0.1, -0.05) is 47.5 Å². The molecule has 0 heterocycles. The first-order chi connectivity index (χ1) is 8.38. The maximum Gasteiger partial charge on any atom is 0.262 e. The zero-order chi connectivity index (χ0) is 13.3. The van der Waals surface area contributed by atoms with E-state index >= 15 is 0 Å². The molecule has 0 fully saturated rings. The maximum absolute atomic E-state index is 11.4. The van der Waals surface area contributed by atoms with Gasteiger partial charge in [0.1, 0.15) is 4.90 Å². The molecule has 0 saturated carbocycles. The number of hydrogen-bond donors (Lipinski definition) is 0. The molecule has 2 nitrogen and oxygen atoms in total. The summed E-state index contributed by atoms with van der Waals surface area (Å²) in [6, 6.07) is 12.5. The molecule has 0 unspecified atom stereocenters. The summed E-state index contributed by atoms with van der Waals surface area (Å²) in [5.74, 6) is 0. The van der Waals surface area contributed by atoms with E-state index in [1.54, 1.807) is 6.07 Å². The number of rotatable bonds is 2. The minimum Gasteiger partial charge on any atom is -0.207 e. The molecule has 0 saturated heterocycles. The van der Waals surface area contributed by atoms with Crippen molar-refractivity contribution in [2.75, 3.05) is 0 Å². The van der Waals surface area contributed by atoms with Crippen molar-refractivity contribution in [3.05, 3.63) is 53.1 Å². The summed E-state index contributed by atoms with van der Waals surface area (Å²) < 4.78 is 22.7. The largest absolute Gasteiger partial charge is 0.262 e. The Kier molecular flexibility index (Phi) is 3.66. The molecule has 0 aliphatic heterocycles. The van der Waals surface area contributed by atoms with E-state index in [-0.39, 0.29) is 9.92 Å². The van der Waals surface area contributed by atoms with Crippen LogP contribution in [0.3, 0.4) is 0 Å². The molecule has 18 heavy (non-hydrogen) atoms. The van der Waals surface area contributed by atoms with Crippen LogP contribution in [0.2, 0.25) is 5.02 Å². The van der Waals surface area contributed by atoms with Crippen molar-refractivity contribution >= 4 is 31.3 Å². The molecule has 0 atom stereocenters. The highest BCUT2D eigenvalue weighted by Gasteiger charge is 2.15. The number of halogens is 2. The van der Waals surface area contributed by atoms with Gasteiger partial charge in [0.15, 0.2) is 0 Å². The van der Waals surface area contributed by atoms with Crippen LogP contribution < -0.4 is 0 Å². The van der Waals surface area contributed by atoms with E-state index in [9.17, 15) is 8.42 Å². The number of aryl methyl sites for hydroxylation is 1. The molecule has 94 valence electrons. The fourth-order valence-electron chi connectivity index (χ4n) is 1.62. The van der Waals surface area contributed by atoms with Crippen molar-refractivity contribution in [1.82, 2.24) is 0 Å². The summed E-state index contributed by atoms with van der Waals surface area (Å²) in [5, 5.41) is 0.126. The lowest BCUT2D eigenvalue weighted by Gasteiger charge is -2.06. The first-order valence-corrected chi connectivity index (χ1v) is 7.88. The molecule has 0 bridgehead atoms. The first kappa shape index (κ1) is 13.4. The van der Waals surface area contributed by atoms with Gasteiger partial charge >= 0.3 is 0 Å². The van der Waals surface area contributed by atoms with Crippen LogP contribution >= 0.6 is 22.3 Å². The van der Waals surface area contributed by atoms with Crippen molar-refractivity contribution in [1.29, 1.82) is 0 Å². The average Bonchev–Trinajstić information content (AvgIpc) is 2.29. The molecule has 0 aliphatic rings. The van der Waals surface area contributed by atoms with Crippen LogP contribution in [0.25, 0.3) is 11.1 Å². The Hall–Kier alpha value is -1.03. The number of hydrogen-bond acceptors (Lipinski definition) is 2. The molecule has 0 spiro atoms. The SMILES string of the molecule is Cc1ccc(-c2ccc(Cl)c(S(=O)(=O)Cl)c2)cc1. The van der Waals surface area contributed by atoms with Crippen LogP contribution in [0.15, 0.2) is 47.4 Å². The quantitative estimate of drug-likeness (QED) is 0.777. The van der Waals surface area contributed by atoms with Gasteiger partial charge < -0.3 is 0 Å². The Labute approximate surface area is 116 Å². The molecule has 5 heteroatoms. The molecule has 0 radical (unpaired) electrons. The van der Waals surface area contributed by atoms with Crippen LogP contribution in [-0.2, 0) is 9.05 Å². The molecule has 2 aromatic rings. The third-order valence-electron chi connectivity index (χ3n) is 2.58. The second-order valence-corrected chi connectivity index (χ2v) is 6.89. The lowest BCUT2D eigenvalue weighted by atomic mass is 10.0. The zero-order valence-electron chi connectivity index (χ0n) is 9.52. The minimum atomic E-state index is -3.83. The molecule has 0 amide bonds. The van der Waals surface area contributed by atoms with Crippen LogP contribution in [-0.4, -0.2) is 8.42 Å². The van der Waals surface area contributed by atoms with Gasteiger partial charge in [-0.3, -0.25) is 0 Å². The van der Waals surface area contributed by atoms with Gasteiger partial charge in [-0.15, -0.1) is 0 Å². The summed E-state index contributed by atoms with van der Waals surface area (Å²) >= 11 is 5.83. The standard InChI is InChI=1S/C13H10Cl2O2S/c1-9-2-4-10(5-3-9)11-6-7-12(14)13(8-11)18(15,16)17/h2-8H,1H3. The zero-order valence-corrected chi connectivity index (χ0v) is 11.9. The van der Waals surface area contributed by atoms with Crippen LogP contribution in [0, 0.1) is 6.92 Å². The van der Waals surface area contributed by atoms with Crippen LogP contribution in [0.4, 0.5) is 0 Å². The van der Waals surface area contributed by atoms with E-state index in [1.807, 2.05) is 31.2 Å². The van der Waals surface area contributed by atoms with Gasteiger partial charge in [0.05, 0.1) is 5.02 Å². The second-order valence-electron chi connectivity index (χ2n) is 3.95. The monoisotopic (exact) mass is 300 g/mol. The highest BCUT2D eigenvalue weighted by atomic mass is 35.7. The van der Waals surface area contributed by atoms with Crippen LogP contribution in [0.1, 0.15) is 5.56 Å². The Morgan fingerprint density at radius 2 is 1.50 bits per heavy atom. The number of benzene rings is 2. The fourth-order valence-corrected chi connectivity index (χ4v) is 3.11. The van der Waals surface area contributed by atoms with Crippen molar-refractivity contribution in [2.45, 2.75) is 11.8 Å². The van der Waals surface area contributed by atoms with Gasteiger partial charge in [0.2, 0.25) is 0 Å². The Bertz CT molecular complexity index is 677. The van der Waals surface area contributed by atoms with E-state index in [4.69, 9.17) is 22.3 Å². The third kappa shape index (κ3) is 2.86. The maximum atomic E-state index is 11.4. The van der Waals surface area contributed by atoms with Gasteiger partial charge in [0, 0.05) is 10.7 Å². The molecule has 0 aromatic heterocycles. The highest BCUT2D eigenvalue weighted by Crippen LogP contribution is 2.30. The van der Waals surface area contributed by atoms with Gasteiger partial charge in [-0.2, -0.15) is 0 Å². The topological polar surface area (TPSA) is 34.1 Å². The van der Waals surface area contributed by atoms with Gasteiger partial charge in [-0.25, -0.2) is 8.42 Å². The fraction of sp³-hybridized carbons (Fsp3) is 0.0769. The van der Waals surface area contributed by atoms with Crippen molar-refractivity contribution in [2.24, 2.45) is 0 Å². The molecule has 0 aliphatic carbocycles. The third-order valence-corrected chi connectivity index (χ3v) is 4.38. The Morgan fingerprint density at radius 1 is 0.944 bits per heavy atom. The summed E-state index contributed by atoms with van der Waals surface area (Å²) in [6.07, 6.45) is 0. The van der Waals surface area contributed by atoms with Gasteiger partial charge in [0.25, 0.3) is 9.05 Å². The molecular weight excluding hydrogens is 291 g/mol. The van der Waals surface area contributed by atoms with Crippen molar-refractivity contribution in [3.8, 4) is 11.1 Å². The molecular formula is C13H10Cl2O2S. The van der Waals surface area contributed by atoms with E-state index < -0.39 is 9.05 Å². The first-order valence-electron chi connectivity index (χ1n) is 5.19. The van der Waals surface area contributed by atoms with E-state index in [2.05, 4.69) is 0 Å². The van der Waals surface area contributed by atoms with Gasteiger partial charge in [-0.05, 0) is 30.2 Å². The van der Waals surface area contributed by atoms with Crippen molar-refractivity contribution < 1.29 is 8.42 Å². The molecule has 2 rings (SSSR count). The predicted molar refractivity (Wildman–Crippen MR) is 74.7 cm³/mol. The summed E-state index contributed by atoms with van der Waals surface area (Å²) in [4.78, 5) is -0.0658. The average molecular weight is 301 g/mol. The lowest BCUT2D eigenvalue weighted by Crippen LogP contribution is -1.92. The predicted octanol–water partition coefficient (Wildman–Crippen LogP) is 4.24. The van der Waals surface area contributed by atoms with Crippen LogP contribution in [0.5, 0.6) is 0 Å². The van der Waals surface area contributed by atoms with E-state index in [0.29, 0.717) is 0 Å². The normalized spacial score (nSPS) is 11.5. The summed E-state index contributed by atoms with van der Waals surface area (Å²) in [6.45, 7) is 1.99. The smallest absolute Gasteiger partial charge is 0.207 e. The summed E-state index contributed by atoms with van der Waals surface area (Å²) in [7, 11) is 1.50.